The minimum atomic E-state index is -0.490. The summed E-state index contributed by atoms with van der Waals surface area (Å²) < 4.78 is 0. The number of carbonyl (C=O) groups excluding carboxylic acids is 1. The number of rotatable bonds is 4. The van der Waals surface area contributed by atoms with Crippen molar-refractivity contribution in [1.29, 1.82) is 0 Å². The quantitative estimate of drug-likeness (QED) is 0.880. The molecule has 6 heteroatoms. The molecule has 2 N–H and O–H groups in total. The van der Waals surface area contributed by atoms with E-state index in [1.807, 2.05) is 35.2 Å². The molecule has 0 spiro atoms. The Labute approximate surface area is 129 Å². The molecule has 6 nitrogen and oxygen atoms in total. The average Bonchev–Trinajstić information content (AvgIpc) is 3.10. The Balaban J connectivity index is 1.51. The lowest BCUT2D eigenvalue weighted by Gasteiger charge is -2.35. The van der Waals surface area contributed by atoms with Crippen LogP contribution in [-0.2, 0) is 0 Å². The maximum atomic E-state index is 12.2. The topological polar surface area (TPSA) is 72.5 Å². The maximum absolute atomic E-state index is 12.2. The van der Waals surface area contributed by atoms with Gasteiger partial charge in [0, 0.05) is 38.9 Å². The van der Waals surface area contributed by atoms with E-state index < -0.39 is 6.10 Å². The highest BCUT2D eigenvalue weighted by atomic mass is 16.3. The number of amides is 1. The highest BCUT2D eigenvalue weighted by Crippen LogP contribution is 2.15. The summed E-state index contributed by atoms with van der Waals surface area (Å²) in [6.45, 7) is 3.46. The molecule has 2 aromatic rings. The van der Waals surface area contributed by atoms with Crippen molar-refractivity contribution in [2.45, 2.75) is 6.10 Å². The van der Waals surface area contributed by atoms with Gasteiger partial charge in [0.2, 0.25) is 0 Å². The van der Waals surface area contributed by atoms with Gasteiger partial charge in [-0.15, -0.1) is 0 Å². The van der Waals surface area contributed by atoms with Gasteiger partial charge in [-0.2, -0.15) is 5.10 Å². The van der Waals surface area contributed by atoms with Crippen LogP contribution >= 0.6 is 0 Å². The number of benzene rings is 1. The van der Waals surface area contributed by atoms with E-state index in [4.69, 9.17) is 0 Å². The van der Waals surface area contributed by atoms with E-state index in [0.29, 0.717) is 25.3 Å². The fourth-order valence-electron chi connectivity index (χ4n) is 2.70. The number of carbonyl (C=O) groups is 1. The van der Waals surface area contributed by atoms with E-state index in [0.717, 1.165) is 18.7 Å². The van der Waals surface area contributed by atoms with Gasteiger partial charge in [0.25, 0.3) is 5.91 Å². The molecule has 1 aromatic carbocycles. The SMILES string of the molecule is O=C(c1ccn[nH]1)N1CCN(C[C@H](O)c2ccccc2)CC1. The van der Waals surface area contributed by atoms with Gasteiger partial charge in [-0.3, -0.25) is 14.8 Å². The van der Waals surface area contributed by atoms with Crippen molar-refractivity contribution in [3.63, 3.8) is 0 Å². The van der Waals surface area contributed by atoms with Crippen molar-refractivity contribution >= 4 is 5.91 Å². The summed E-state index contributed by atoms with van der Waals surface area (Å²) in [4.78, 5) is 16.2. The highest BCUT2D eigenvalue weighted by molar-refractivity contribution is 5.92. The Morgan fingerprint density at radius 1 is 1.18 bits per heavy atom. The van der Waals surface area contributed by atoms with E-state index in [1.54, 1.807) is 12.3 Å². The van der Waals surface area contributed by atoms with Crippen molar-refractivity contribution < 1.29 is 9.90 Å². The summed E-state index contributed by atoms with van der Waals surface area (Å²) in [6.07, 6.45) is 1.09. The average molecular weight is 300 g/mol. The van der Waals surface area contributed by atoms with Gasteiger partial charge in [-0.1, -0.05) is 30.3 Å². The Morgan fingerprint density at radius 2 is 1.91 bits per heavy atom. The number of nitrogens with zero attached hydrogens (tertiary/aromatic N) is 3. The van der Waals surface area contributed by atoms with Gasteiger partial charge in [-0.25, -0.2) is 0 Å². The molecule has 0 radical (unpaired) electrons. The Kier molecular flexibility index (Phi) is 4.50. The number of aromatic amines is 1. The summed E-state index contributed by atoms with van der Waals surface area (Å²) in [5, 5.41) is 16.8. The van der Waals surface area contributed by atoms with Crippen LogP contribution in [0.25, 0.3) is 0 Å². The number of piperazine rings is 1. The molecule has 1 aliphatic rings. The smallest absolute Gasteiger partial charge is 0.271 e. The molecule has 1 fully saturated rings. The summed E-state index contributed by atoms with van der Waals surface area (Å²) in [5.74, 6) is -0.0132. The van der Waals surface area contributed by atoms with E-state index in [1.165, 1.54) is 0 Å². The van der Waals surface area contributed by atoms with Crippen LogP contribution in [0.15, 0.2) is 42.6 Å². The monoisotopic (exact) mass is 300 g/mol. The van der Waals surface area contributed by atoms with Gasteiger partial charge in [-0.05, 0) is 11.6 Å². The van der Waals surface area contributed by atoms with Gasteiger partial charge in [0.1, 0.15) is 5.69 Å². The van der Waals surface area contributed by atoms with E-state index in [-0.39, 0.29) is 5.91 Å². The third kappa shape index (κ3) is 3.35. The zero-order valence-corrected chi connectivity index (χ0v) is 12.4. The summed E-state index contributed by atoms with van der Waals surface area (Å²) in [6, 6.07) is 11.4. The number of H-pyrrole nitrogens is 1. The van der Waals surface area contributed by atoms with Gasteiger partial charge < -0.3 is 10.0 Å². The lowest BCUT2D eigenvalue weighted by molar-refractivity contribution is 0.0523. The maximum Gasteiger partial charge on any atom is 0.271 e. The third-order valence-electron chi connectivity index (χ3n) is 4.01. The fraction of sp³-hybridized carbons (Fsp3) is 0.375. The number of aliphatic hydroxyl groups excluding tert-OH is 1. The van der Waals surface area contributed by atoms with Crippen molar-refractivity contribution in [2.75, 3.05) is 32.7 Å². The number of β-amino-alcohol motifs (C(OH)–C–C–N with tert-alkyl or cyclic N) is 1. The number of hydrogen-bond acceptors (Lipinski definition) is 4. The molecule has 22 heavy (non-hydrogen) atoms. The molecule has 0 saturated carbocycles. The molecule has 1 aliphatic heterocycles. The largest absolute Gasteiger partial charge is 0.387 e. The zero-order chi connectivity index (χ0) is 15.4. The predicted octanol–water partition coefficient (Wildman–Crippen LogP) is 0.901. The van der Waals surface area contributed by atoms with Gasteiger partial charge >= 0.3 is 0 Å². The summed E-state index contributed by atoms with van der Waals surface area (Å²) in [7, 11) is 0. The van der Waals surface area contributed by atoms with Gasteiger partial charge in [0.05, 0.1) is 6.10 Å². The normalized spacial score (nSPS) is 17.4. The second kappa shape index (κ2) is 6.72. The minimum Gasteiger partial charge on any atom is -0.387 e. The van der Waals surface area contributed by atoms with Crippen molar-refractivity contribution in [1.82, 2.24) is 20.0 Å². The van der Waals surface area contributed by atoms with E-state index in [2.05, 4.69) is 15.1 Å². The first-order valence-corrected chi connectivity index (χ1v) is 7.48. The number of aliphatic hydroxyl groups is 1. The summed E-state index contributed by atoms with van der Waals surface area (Å²) in [5.41, 5.74) is 1.45. The molecule has 3 rings (SSSR count). The van der Waals surface area contributed by atoms with Gasteiger partial charge in [0.15, 0.2) is 0 Å². The zero-order valence-electron chi connectivity index (χ0n) is 12.4. The first-order valence-electron chi connectivity index (χ1n) is 7.48. The molecule has 116 valence electrons. The Bertz CT molecular complexity index is 592. The minimum absolute atomic E-state index is 0.0132. The second-order valence-electron chi connectivity index (χ2n) is 5.49. The molecule has 1 saturated heterocycles. The predicted molar refractivity (Wildman–Crippen MR) is 82.3 cm³/mol. The Morgan fingerprint density at radius 3 is 2.55 bits per heavy atom. The number of nitrogens with one attached hydrogen (secondary N) is 1. The standard InChI is InChI=1S/C16H20N4O2/c21-15(13-4-2-1-3-5-13)12-19-8-10-20(11-9-19)16(22)14-6-7-17-18-14/h1-7,15,21H,8-12H2,(H,17,18)/t15-/m0/s1. The molecule has 1 atom stereocenters. The molecule has 0 bridgehead atoms. The van der Waals surface area contributed by atoms with Crippen LogP contribution < -0.4 is 0 Å². The second-order valence-corrected chi connectivity index (χ2v) is 5.49. The molecule has 1 aromatic heterocycles. The third-order valence-corrected chi connectivity index (χ3v) is 4.01. The van der Waals surface area contributed by atoms with Crippen LogP contribution in [0.3, 0.4) is 0 Å². The van der Waals surface area contributed by atoms with E-state index in [9.17, 15) is 9.90 Å². The van der Waals surface area contributed by atoms with Crippen LogP contribution in [0.5, 0.6) is 0 Å². The number of aromatic nitrogens is 2. The Hall–Kier alpha value is -2.18. The van der Waals surface area contributed by atoms with Crippen LogP contribution in [0.2, 0.25) is 0 Å². The van der Waals surface area contributed by atoms with Crippen LogP contribution in [0.1, 0.15) is 22.2 Å². The molecule has 0 aliphatic carbocycles. The van der Waals surface area contributed by atoms with E-state index >= 15 is 0 Å². The highest BCUT2D eigenvalue weighted by Gasteiger charge is 2.24. The first kappa shape index (κ1) is 14.7. The molecule has 1 amide bonds. The fourth-order valence-corrected chi connectivity index (χ4v) is 2.70. The van der Waals surface area contributed by atoms with Crippen LogP contribution in [-0.4, -0.2) is 63.7 Å². The van der Waals surface area contributed by atoms with Crippen LogP contribution in [0.4, 0.5) is 0 Å². The lowest BCUT2D eigenvalue weighted by atomic mass is 10.1. The first-order chi connectivity index (χ1) is 10.7. The molecule has 2 heterocycles. The summed E-state index contributed by atoms with van der Waals surface area (Å²) >= 11 is 0. The lowest BCUT2D eigenvalue weighted by Crippen LogP contribution is -2.49. The van der Waals surface area contributed by atoms with Crippen LogP contribution in [0, 0.1) is 0 Å². The van der Waals surface area contributed by atoms with Crippen molar-refractivity contribution in [3.05, 3.63) is 53.9 Å². The molecular weight excluding hydrogens is 280 g/mol. The van der Waals surface area contributed by atoms with Crippen molar-refractivity contribution in [2.24, 2.45) is 0 Å². The van der Waals surface area contributed by atoms with Crippen molar-refractivity contribution in [3.8, 4) is 0 Å². The molecular formula is C16H20N4O2. The number of hydrogen-bond donors (Lipinski definition) is 2. The molecule has 0 unspecified atom stereocenters.